The molecule has 0 bridgehead atoms. The van der Waals surface area contributed by atoms with E-state index in [0.717, 1.165) is 6.21 Å². The molecule has 0 spiro atoms. The van der Waals surface area contributed by atoms with E-state index in [1.54, 1.807) is 29.7 Å². The normalized spacial score (nSPS) is 11.8. The molecule has 1 N–H and O–H groups in total. The second-order valence-corrected chi connectivity index (χ2v) is 7.28. The molecule has 3 aromatic rings. The lowest BCUT2D eigenvalue weighted by Gasteiger charge is -2.13. The van der Waals surface area contributed by atoms with Gasteiger partial charge in [-0.2, -0.15) is 18.3 Å². The third-order valence-electron chi connectivity index (χ3n) is 4.24. The first-order valence-electron chi connectivity index (χ1n) is 8.88. The molecule has 0 aliphatic carbocycles. The third-order valence-corrected chi connectivity index (χ3v) is 4.83. The Morgan fingerprint density at radius 2 is 1.55 bits per heavy atom. The van der Waals surface area contributed by atoms with Gasteiger partial charge in [-0.15, -0.1) is 0 Å². The van der Waals surface area contributed by atoms with E-state index < -0.39 is 40.7 Å². The molecule has 0 saturated carbocycles. The maximum Gasteiger partial charge on any atom is 0.422 e. The van der Waals surface area contributed by atoms with Crippen LogP contribution in [0.5, 0.6) is 5.75 Å². The monoisotopic (exact) mass is 510 g/mol. The van der Waals surface area contributed by atoms with Gasteiger partial charge in [-0.1, -0.05) is 41.4 Å². The zero-order valence-corrected chi connectivity index (χ0v) is 17.6. The van der Waals surface area contributed by atoms with E-state index in [1.807, 2.05) is 0 Å². The Kier molecular flexibility index (Phi) is 7.38. The first kappa shape index (κ1) is 24.7. The van der Waals surface area contributed by atoms with Gasteiger partial charge in [0.1, 0.15) is 23.6 Å². The van der Waals surface area contributed by atoms with Crippen molar-refractivity contribution in [2.75, 3.05) is 5.43 Å². The van der Waals surface area contributed by atoms with Crippen LogP contribution in [0, 0.1) is 23.3 Å². The summed E-state index contributed by atoms with van der Waals surface area (Å²) in [6, 6.07) is 11.0. The largest absolute Gasteiger partial charge is 0.488 e. The van der Waals surface area contributed by atoms with E-state index in [9.17, 15) is 30.7 Å². The van der Waals surface area contributed by atoms with Crippen LogP contribution in [-0.4, -0.2) is 6.21 Å². The molecule has 0 fully saturated rings. The smallest absolute Gasteiger partial charge is 0.422 e. The van der Waals surface area contributed by atoms with Crippen molar-refractivity contribution in [2.45, 2.75) is 12.8 Å². The van der Waals surface area contributed by atoms with Gasteiger partial charge in [-0.05, 0) is 24.3 Å². The summed E-state index contributed by atoms with van der Waals surface area (Å²) in [6.45, 7) is 0.0207. The van der Waals surface area contributed by atoms with E-state index in [2.05, 4.69) is 5.10 Å². The van der Waals surface area contributed by atoms with E-state index in [1.165, 1.54) is 18.2 Å². The summed E-state index contributed by atoms with van der Waals surface area (Å²) in [7, 11) is 0. The van der Waals surface area contributed by atoms with Gasteiger partial charge >= 0.3 is 6.18 Å². The van der Waals surface area contributed by atoms with Gasteiger partial charge in [-0.25, -0.2) is 17.6 Å². The van der Waals surface area contributed by atoms with E-state index >= 15 is 0 Å². The number of halogens is 9. The van der Waals surface area contributed by atoms with Crippen molar-refractivity contribution in [3.8, 4) is 5.75 Å². The fraction of sp³-hybridized carbons (Fsp3) is 0.0952. The van der Waals surface area contributed by atoms with Crippen LogP contribution in [0.15, 0.2) is 47.6 Å². The number of para-hydroxylation sites is 1. The summed E-state index contributed by atoms with van der Waals surface area (Å²) >= 11 is 11.9. The highest BCUT2D eigenvalue weighted by Gasteiger charge is 2.42. The zero-order valence-electron chi connectivity index (χ0n) is 16.1. The zero-order chi connectivity index (χ0) is 24.3. The second-order valence-electron chi connectivity index (χ2n) is 6.44. The second kappa shape index (κ2) is 9.88. The standard InChI is InChI=1S/C21H11Cl2F7N2O/c22-12-6-5-11(13(23)7-12)9-33-14-4-2-1-3-10(14)8-31-32-20-18(26)16(24)15(21(28,29)30)17(25)19(20)27/h1-8,32H,9H2. The lowest BCUT2D eigenvalue weighted by Crippen LogP contribution is -2.16. The number of nitrogens with zero attached hydrogens (tertiary/aromatic N) is 1. The predicted octanol–water partition coefficient (Wildman–Crippen LogP) is 7.59. The highest BCUT2D eigenvalue weighted by molar-refractivity contribution is 6.35. The number of hydrogen-bond acceptors (Lipinski definition) is 3. The van der Waals surface area contributed by atoms with Crippen LogP contribution in [0.2, 0.25) is 10.0 Å². The minimum atomic E-state index is -5.64. The van der Waals surface area contributed by atoms with Crippen molar-refractivity contribution in [3.63, 3.8) is 0 Å². The Bertz CT molecular complexity index is 1190. The maximum atomic E-state index is 13.9. The van der Waals surface area contributed by atoms with Gasteiger partial charge in [0.15, 0.2) is 23.3 Å². The molecule has 0 radical (unpaired) electrons. The van der Waals surface area contributed by atoms with Gasteiger partial charge in [0.25, 0.3) is 0 Å². The van der Waals surface area contributed by atoms with Gasteiger partial charge in [0, 0.05) is 21.2 Å². The molecule has 0 unspecified atom stereocenters. The van der Waals surface area contributed by atoms with Crippen LogP contribution < -0.4 is 10.2 Å². The van der Waals surface area contributed by atoms with Crippen molar-refractivity contribution < 1.29 is 35.5 Å². The third kappa shape index (κ3) is 5.51. The van der Waals surface area contributed by atoms with Gasteiger partial charge in [0.05, 0.1) is 6.21 Å². The molecular weight excluding hydrogens is 500 g/mol. The number of rotatable bonds is 6. The lowest BCUT2D eigenvalue weighted by molar-refractivity contribution is -0.143. The minimum absolute atomic E-state index is 0.0207. The van der Waals surface area contributed by atoms with Crippen LogP contribution in [0.1, 0.15) is 16.7 Å². The Balaban J connectivity index is 1.82. The minimum Gasteiger partial charge on any atom is -0.488 e. The number of hydrogen-bond donors (Lipinski definition) is 1. The first-order valence-corrected chi connectivity index (χ1v) is 9.64. The van der Waals surface area contributed by atoms with Gasteiger partial charge in [0.2, 0.25) is 0 Å². The Labute approximate surface area is 192 Å². The van der Waals surface area contributed by atoms with Crippen LogP contribution in [0.3, 0.4) is 0 Å². The fourth-order valence-corrected chi connectivity index (χ4v) is 3.12. The number of benzene rings is 3. The van der Waals surface area contributed by atoms with Crippen LogP contribution in [0.25, 0.3) is 0 Å². The summed E-state index contributed by atoms with van der Waals surface area (Å²) in [4.78, 5) is 0. The number of nitrogens with one attached hydrogen (secondary N) is 1. The number of alkyl halides is 3. The highest BCUT2D eigenvalue weighted by atomic mass is 35.5. The molecule has 0 aromatic heterocycles. The SMILES string of the molecule is Fc1c(F)c(C(F)(F)F)c(F)c(F)c1NN=Cc1ccccc1OCc1ccc(Cl)cc1Cl. The number of hydrazone groups is 1. The van der Waals surface area contributed by atoms with Crippen molar-refractivity contribution >= 4 is 35.1 Å². The molecule has 0 atom stereocenters. The fourth-order valence-electron chi connectivity index (χ4n) is 2.66. The molecular formula is C21H11Cl2F7N2O. The summed E-state index contributed by atoms with van der Waals surface area (Å²) in [5.74, 6) is -9.49. The molecule has 0 heterocycles. The molecule has 33 heavy (non-hydrogen) atoms. The average molecular weight is 511 g/mol. The summed E-state index contributed by atoms with van der Waals surface area (Å²) in [5, 5.41) is 4.24. The molecule has 0 saturated heterocycles. The van der Waals surface area contributed by atoms with Crippen LogP contribution >= 0.6 is 23.2 Å². The lowest BCUT2D eigenvalue weighted by atomic mass is 10.1. The molecule has 3 rings (SSSR count). The van der Waals surface area contributed by atoms with E-state index in [4.69, 9.17) is 27.9 Å². The number of ether oxygens (including phenoxy) is 1. The summed E-state index contributed by atoms with van der Waals surface area (Å²) < 4.78 is 98.9. The summed E-state index contributed by atoms with van der Waals surface area (Å²) in [6.07, 6.45) is -4.65. The maximum absolute atomic E-state index is 13.9. The van der Waals surface area contributed by atoms with Gasteiger partial charge in [-0.3, -0.25) is 5.43 Å². The Hall–Kier alpha value is -2.98. The highest BCUT2D eigenvalue weighted by Crippen LogP contribution is 2.38. The van der Waals surface area contributed by atoms with Crippen LogP contribution in [0.4, 0.5) is 36.4 Å². The van der Waals surface area contributed by atoms with Gasteiger partial charge < -0.3 is 4.74 Å². The average Bonchev–Trinajstić information content (AvgIpc) is 2.74. The van der Waals surface area contributed by atoms with Crippen molar-refractivity contribution in [1.29, 1.82) is 0 Å². The van der Waals surface area contributed by atoms with Crippen molar-refractivity contribution in [1.82, 2.24) is 0 Å². The van der Waals surface area contributed by atoms with Crippen molar-refractivity contribution in [3.05, 3.63) is 92.5 Å². The Morgan fingerprint density at radius 3 is 2.15 bits per heavy atom. The Morgan fingerprint density at radius 1 is 0.909 bits per heavy atom. The molecule has 174 valence electrons. The summed E-state index contributed by atoms with van der Waals surface area (Å²) in [5.41, 5.74) is -1.64. The van der Waals surface area contributed by atoms with Crippen LogP contribution in [-0.2, 0) is 12.8 Å². The molecule has 3 aromatic carbocycles. The predicted molar refractivity (Wildman–Crippen MR) is 110 cm³/mol. The molecule has 0 aliphatic rings. The quantitative estimate of drug-likeness (QED) is 0.160. The van der Waals surface area contributed by atoms with E-state index in [0.29, 0.717) is 15.6 Å². The van der Waals surface area contributed by atoms with E-state index in [-0.39, 0.29) is 17.9 Å². The number of anilines is 1. The molecule has 0 aliphatic heterocycles. The molecule has 12 heteroatoms. The molecule has 3 nitrogen and oxygen atoms in total. The molecule has 0 amide bonds. The topological polar surface area (TPSA) is 33.6 Å². The first-order chi connectivity index (χ1) is 15.5. The van der Waals surface area contributed by atoms with Crippen molar-refractivity contribution in [2.24, 2.45) is 5.10 Å².